The van der Waals surface area contributed by atoms with Gasteiger partial charge in [0.15, 0.2) is 0 Å². The highest BCUT2D eigenvalue weighted by Gasteiger charge is 2.39. The lowest BCUT2D eigenvalue weighted by Crippen LogP contribution is -2.33. The van der Waals surface area contributed by atoms with Crippen LogP contribution in [0, 0.1) is 0 Å². The van der Waals surface area contributed by atoms with Crippen LogP contribution < -0.4 is 10.1 Å². The first-order valence-corrected chi connectivity index (χ1v) is 9.70. The maximum Gasteiger partial charge on any atom is 0.254 e. The minimum atomic E-state index is -0.385. The predicted molar refractivity (Wildman–Crippen MR) is 110 cm³/mol. The Morgan fingerprint density at radius 1 is 1.24 bits per heavy atom. The topological polar surface area (TPSA) is 74.2 Å². The third-order valence-corrected chi connectivity index (χ3v) is 5.10. The van der Waals surface area contributed by atoms with Gasteiger partial charge in [-0.2, -0.15) is 0 Å². The molecule has 0 spiro atoms. The number of rotatable bonds is 6. The number of ether oxygens (including phenoxy) is 1. The van der Waals surface area contributed by atoms with Gasteiger partial charge in [-0.25, -0.2) is 4.99 Å². The molecule has 0 aromatic heterocycles. The van der Waals surface area contributed by atoms with Crippen molar-refractivity contribution < 1.29 is 14.3 Å². The molecule has 1 unspecified atom stereocenters. The molecule has 0 bridgehead atoms. The first kappa shape index (κ1) is 19.0. The number of hydrogen-bond acceptors (Lipinski definition) is 5. The number of carbonyl (C=O) groups is 2. The molecule has 29 heavy (non-hydrogen) atoms. The smallest absolute Gasteiger partial charge is 0.254 e. The molecule has 150 valence electrons. The second-order valence-electron chi connectivity index (χ2n) is 7.40. The summed E-state index contributed by atoms with van der Waals surface area (Å²) >= 11 is 0. The molecule has 0 saturated carbocycles. The predicted octanol–water partition coefficient (Wildman–Crippen LogP) is 2.61. The minimum Gasteiger partial charge on any atom is -0.494 e. The van der Waals surface area contributed by atoms with Gasteiger partial charge in [0.2, 0.25) is 11.9 Å². The molecule has 2 aliphatic heterocycles. The number of carbonyl (C=O) groups excluding carboxylic acids is 2. The first-order chi connectivity index (χ1) is 14.0. The first-order valence-electron chi connectivity index (χ1n) is 9.70. The second kappa shape index (κ2) is 7.95. The Hall–Kier alpha value is -3.35. The molecule has 2 aromatic rings. The van der Waals surface area contributed by atoms with Crippen molar-refractivity contribution in [3.63, 3.8) is 0 Å². The third kappa shape index (κ3) is 3.94. The Labute approximate surface area is 170 Å². The zero-order chi connectivity index (χ0) is 20.4. The van der Waals surface area contributed by atoms with Crippen LogP contribution in [-0.2, 0) is 16.1 Å². The van der Waals surface area contributed by atoms with Gasteiger partial charge in [0, 0.05) is 32.6 Å². The van der Waals surface area contributed by atoms with Gasteiger partial charge in [0.25, 0.3) is 5.91 Å². The van der Waals surface area contributed by atoms with E-state index in [1.807, 2.05) is 53.4 Å². The summed E-state index contributed by atoms with van der Waals surface area (Å²) in [6.07, 6.45) is 1.13. The van der Waals surface area contributed by atoms with Crippen molar-refractivity contribution in [2.45, 2.75) is 25.4 Å². The lowest BCUT2D eigenvalue weighted by atomic mass is 10.0. The van der Waals surface area contributed by atoms with E-state index in [4.69, 9.17) is 4.74 Å². The van der Waals surface area contributed by atoms with Crippen molar-refractivity contribution in [3.8, 4) is 5.75 Å². The molecule has 2 aromatic carbocycles. The van der Waals surface area contributed by atoms with Crippen LogP contribution in [0.1, 0.15) is 30.0 Å². The lowest BCUT2D eigenvalue weighted by Gasteiger charge is -2.28. The van der Waals surface area contributed by atoms with Crippen LogP contribution in [0.3, 0.4) is 0 Å². The molecule has 4 rings (SSSR count). The summed E-state index contributed by atoms with van der Waals surface area (Å²) < 4.78 is 5.83. The van der Waals surface area contributed by atoms with Crippen LogP contribution in [0.5, 0.6) is 5.75 Å². The molecule has 0 radical (unpaired) electrons. The Bertz CT molecular complexity index is 956. The van der Waals surface area contributed by atoms with Crippen LogP contribution in [0.15, 0.2) is 53.5 Å². The molecular formula is C22H24N4O3. The molecule has 1 saturated heterocycles. The molecule has 2 heterocycles. The number of fused-ring (bicyclic) bond motifs is 2. The molecule has 1 fully saturated rings. The number of hydrogen-bond donors (Lipinski definition) is 1. The van der Waals surface area contributed by atoms with Gasteiger partial charge >= 0.3 is 0 Å². The van der Waals surface area contributed by atoms with Gasteiger partial charge in [-0.1, -0.05) is 30.3 Å². The van der Waals surface area contributed by atoms with E-state index in [2.05, 4.69) is 10.3 Å². The summed E-state index contributed by atoms with van der Waals surface area (Å²) in [5, 5.41) is 2.89. The van der Waals surface area contributed by atoms with Crippen molar-refractivity contribution in [2.24, 2.45) is 4.99 Å². The largest absolute Gasteiger partial charge is 0.494 e. The monoisotopic (exact) mass is 392 g/mol. The van der Waals surface area contributed by atoms with E-state index >= 15 is 0 Å². The summed E-state index contributed by atoms with van der Waals surface area (Å²) in [4.78, 5) is 32.4. The fourth-order valence-corrected chi connectivity index (χ4v) is 3.56. The molecule has 7 nitrogen and oxygen atoms in total. The highest BCUT2D eigenvalue weighted by Crippen LogP contribution is 2.36. The van der Waals surface area contributed by atoms with Gasteiger partial charge in [-0.05, 0) is 30.2 Å². The van der Waals surface area contributed by atoms with Crippen LogP contribution in [0.25, 0.3) is 0 Å². The Balaban J connectivity index is 1.45. The minimum absolute atomic E-state index is 0.0650. The number of aliphatic imine (C=N–C) groups is 1. The lowest BCUT2D eigenvalue weighted by molar-refractivity contribution is -0.129. The standard InChI is InChI=1S/C22H24N4O3/c1-25(2)19(27)9-6-12-29-17-10-11-18-16(13-17)14-26-20(15-7-4-3-5-8-15)21(28)24-22(26)23-18/h3-5,7-8,10-11,13,20H,6,9,12,14H2,1-2H3,(H,23,24,28). The van der Waals surface area contributed by atoms with Crippen LogP contribution in [0.2, 0.25) is 0 Å². The summed E-state index contributed by atoms with van der Waals surface area (Å²) in [5.41, 5.74) is 2.78. The average molecular weight is 392 g/mol. The summed E-state index contributed by atoms with van der Waals surface area (Å²) in [6, 6.07) is 15.1. The van der Waals surface area contributed by atoms with E-state index in [0.29, 0.717) is 32.0 Å². The van der Waals surface area contributed by atoms with E-state index in [9.17, 15) is 9.59 Å². The quantitative estimate of drug-likeness (QED) is 0.767. The van der Waals surface area contributed by atoms with E-state index in [0.717, 1.165) is 22.6 Å². The van der Waals surface area contributed by atoms with Crippen molar-refractivity contribution in [1.82, 2.24) is 15.1 Å². The van der Waals surface area contributed by atoms with Gasteiger partial charge in [0.1, 0.15) is 11.8 Å². The van der Waals surface area contributed by atoms with E-state index in [1.165, 1.54) is 0 Å². The zero-order valence-corrected chi connectivity index (χ0v) is 16.6. The maximum atomic E-state index is 12.5. The Kier molecular flexibility index (Phi) is 5.20. The van der Waals surface area contributed by atoms with Gasteiger partial charge in [-0.3, -0.25) is 14.9 Å². The normalized spacial score (nSPS) is 17.2. The zero-order valence-electron chi connectivity index (χ0n) is 16.6. The van der Waals surface area contributed by atoms with Gasteiger partial charge in [-0.15, -0.1) is 0 Å². The SMILES string of the molecule is CN(C)C(=O)CCCOc1ccc2c(c1)CN1C(=N2)NC(=O)C1c1ccccc1. The fraction of sp³-hybridized carbons (Fsp3) is 0.318. The highest BCUT2D eigenvalue weighted by molar-refractivity contribution is 6.08. The van der Waals surface area contributed by atoms with Gasteiger partial charge < -0.3 is 14.5 Å². The van der Waals surface area contributed by atoms with Gasteiger partial charge in [0.05, 0.1) is 12.3 Å². The van der Waals surface area contributed by atoms with Crippen molar-refractivity contribution in [1.29, 1.82) is 0 Å². The van der Waals surface area contributed by atoms with E-state index in [-0.39, 0.29) is 17.9 Å². The number of nitrogens with one attached hydrogen (secondary N) is 1. The highest BCUT2D eigenvalue weighted by atomic mass is 16.5. The van der Waals surface area contributed by atoms with Crippen LogP contribution in [-0.4, -0.2) is 48.3 Å². The summed E-state index contributed by atoms with van der Waals surface area (Å²) in [7, 11) is 3.50. The molecule has 1 N–H and O–H groups in total. The van der Waals surface area contributed by atoms with Crippen molar-refractivity contribution >= 4 is 23.5 Å². The molecular weight excluding hydrogens is 368 g/mol. The summed E-state index contributed by atoms with van der Waals surface area (Å²) in [5.74, 6) is 1.37. The van der Waals surface area contributed by atoms with E-state index in [1.54, 1.807) is 19.0 Å². The van der Waals surface area contributed by atoms with Crippen LogP contribution >= 0.6 is 0 Å². The number of nitrogens with zero attached hydrogens (tertiary/aromatic N) is 3. The molecule has 2 amide bonds. The number of benzene rings is 2. The molecule has 7 heteroatoms. The van der Waals surface area contributed by atoms with E-state index < -0.39 is 0 Å². The Morgan fingerprint density at radius 3 is 2.79 bits per heavy atom. The maximum absolute atomic E-state index is 12.5. The average Bonchev–Trinajstić information content (AvgIpc) is 3.04. The molecule has 1 atom stereocenters. The Morgan fingerprint density at radius 2 is 2.03 bits per heavy atom. The van der Waals surface area contributed by atoms with Crippen LogP contribution in [0.4, 0.5) is 5.69 Å². The summed E-state index contributed by atoms with van der Waals surface area (Å²) in [6.45, 7) is 1.05. The fourth-order valence-electron chi connectivity index (χ4n) is 3.56. The second-order valence-corrected chi connectivity index (χ2v) is 7.40. The third-order valence-electron chi connectivity index (χ3n) is 5.10. The molecule has 2 aliphatic rings. The van der Waals surface area contributed by atoms with Crippen molar-refractivity contribution in [3.05, 3.63) is 59.7 Å². The number of amides is 2. The van der Waals surface area contributed by atoms with Crippen molar-refractivity contribution in [2.75, 3.05) is 20.7 Å². The molecule has 0 aliphatic carbocycles. The number of guanidine groups is 1.